The molecule has 1 heterocycles. The summed E-state index contributed by atoms with van der Waals surface area (Å²) in [5.74, 6) is 0.129. The van der Waals surface area contributed by atoms with Crippen LogP contribution in [0, 0.1) is 0 Å². The third-order valence-electron chi connectivity index (χ3n) is 4.22. The van der Waals surface area contributed by atoms with Crippen molar-refractivity contribution >= 4 is 40.6 Å². The molecule has 2 aromatic rings. The molecule has 0 spiro atoms. The zero-order valence-electron chi connectivity index (χ0n) is 16.7. The Morgan fingerprint density at radius 3 is 2.53 bits per heavy atom. The Labute approximate surface area is 179 Å². The Kier molecular flexibility index (Phi) is 7.13. The number of nitrogens with zero attached hydrogens (tertiary/aromatic N) is 1. The monoisotopic (exact) mass is 426 g/mol. The second-order valence-electron chi connectivity index (χ2n) is 6.40. The van der Waals surface area contributed by atoms with Gasteiger partial charge in [-0.1, -0.05) is 37.3 Å². The van der Waals surface area contributed by atoms with Crippen LogP contribution in [0.2, 0.25) is 0 Å². The highest BCUT2D eigenvalue weighted by atomic mass is 32.2. The van der Waals surface area contributed by atoms with E-state index >= 15 is 0 Å². The van der Waals surface area contributed by atoms with Crippen LogP contribution in [-0.4, -0.2) is 42.2 Å². The van der Waals surface area contributed by atoms with Gasteiger partial charge in [-0.05, 0) is 42.5 Å². The molecule has 0 aromatic heterocycles. The highest BCUT2D eigenvalue weighted by Gasteiger charge is 2.36. The quantitative estimate of drug-likeness (QED) is 0.638. The average Bonchev–Trinajstić information content (AvgIpc) is 3.01. The van der Waals surface area contributed by atoms with Gasteiger partial charge in [0.1, 0.15) is 18.0 Å². The van der Waals surface area contributed by atoms with E-state index in [0.717, 1.165) is 23.1 Å². The van der Waals surface area contributed by atoms with Crippen LogP contribution in [0.1, 0.15) is 18.9 Å². The lowest BCUT2D eigenvalue weighted by Gasteiger charge is -2.14. The molecule has 1 aliphatic heterocycles. The highest BCUT2D eigenvalue weighted by molar-refractivity contribution is 8.18. The number of amides is 3. The molecule has 8 heteroatoms. The van der Waals surface area contributed by atoms with Crippen LogP contribution in [0.5, 0.6) is 11.5 Å². The molecule has 0 aliphatic carbocycles. The minimum absolute atomic E-state index is 0.248. The second-order valence-corrected chi connectivity index (χ2v) is 7.40. The molecule has 1 saturated heterocycles. The lowest BCUT2D eigenvalue weighted by atomic mass is 10.2. The van der Waals surface area contributed by atoms with Crippen molar-refractivity contribution in [1.29, 1.82) is 0 Å². The Hall–Kier alpha value is -3.26. The highest BCUT2D eigenvalue weighted by Crippen LogP contribution is 2.34. The summed E-state index contributed by atoms with van der Waals surface area (Å²) in [5, 5.41) is 2.18. The van der Waals surface area contributed by atoms with Gasteiger partial charge in [0.25, 0.3) is 11.1 Å². The smallest absolute Gasteiger partial charge is 0.294 e. The Bertz CT molecular complexity index is 989. The largest absolute Gasteiger partial charge is 0.495 e. The number of thioether (sulfide) groups is 1. The standard InChI is InChI=1S/C22H22N2O5S/c1-3-12-29-17-10-6-4-8-15(17)13-19-21(26)24(22(27)30-19)14-20(25)23-16-9-5-7-11-18(16)28-2/h4-11,13H,3,12,14H2,1-2H3,(H,23,25)/b19-13+. The van der Waals surface area contributed by atoms with Crippen molar-refractivity contribution in [1.82, 2.24) is 4.90 Å². The van der Waals surface area contributed by atoms with Crippen molar-refractivity contribution < 1.29 is 23.9 Å². The van der Waals surface area contributed by atoms with E-state index in [0.29, 0.717) is 29.4 Å². The lowest BCUT2D eigenvalue weighted by Crippen LogP contribution is -2.36. The Balaban J connectivity index is 1.72. The average molecular weight is 426 g/mol. The summed E-state index contributed by atoms with van der Waals surface area (Å²) in [6.45, 7) is 2.17. The first-order chi connectivity index (χ1) is 14.5. The molecule has 0 unspecified atom stereocenters. The number of hydrogen-bond donors (Lipinski definition) is 1. The fourth-order valence-corrected chi connectivity index (χ4v) is 3.63. The summed E-state index contributed by atoms with van der Waals surface area (Å²) in [6, 6.07) is 14.2. The SMILES string of the molecule is CCCOc1ccccc1/C=C1/SC(=O)N(CC(=O)Nc2ccccc2OC)C1=O. The summed E-state index contributed by atoms with van der Waals surface area (Å²) >= 11 is 0.803. The fourth-order valence-electron chi connectivity index (χ4n) is 2.80. The lowest BCUT2D eigenvalue weighted by molar-refractivity contribution is -0.127. The summed E-state index contributed by atoms with van der Waals surface area (Å²) in [7, 11) is 1.49. The molecule has 0 radical (unpaired) electrons. The van der Waals surface area contributed by atoms with E-state index in [1.165, 1.54) is 7.11 Å². The molecule has 1 N–H and O–H groups in total. The zero-order chi connectivity index (χ0) is 21.5. The number of carbonyl (C=O) groups is 3. The third-order valence-corrected chi connectivity index (χ3v) is 5.13. The predicted octanol–water partition coefficient (Wildman–Crippen LogP) is 4.16. The van der Waals surface area contributed by atoms with Crippen molar-refractivity contribution in [2.24, 2.45) is 0 Å². The van der Waals surface area contributed by atoms with Crippen LogP contribution in [0.4, 0.5) is 10.5 Å². The van der Waals surface area contributed by atoms with E-state index in [-0.39, 0.29) is 11.4 Å². The first-order valence-electron chi connectivity index (χ1n) is 9.43. The number of rotatable bonds is 8. The van der Waals surface area contributed by atoms with Gasteiger partial charge in [-0.2, -0.15) is 0 Å². The molecular formula is C22H22N2O5S. The van der Waals surface area contributed by atoms with Gasteiger partial charge in [0.05, 0.1) is 24.3 Å². The molecule has 2 aromatic carbocycles. The van der Waals surface area contributed by atoms with Crippen molar-refractivity contribution in [2.75, 3.05) is 25.6 Å². The van der Waals surface area contributed by atoms with Crippen LogP contribution < -0.4 is 14.8 Å². The van der Waals surface area contributed by atoms with E-state index in [2.05, 4.69) is 5.32 Å². The number of imide groups is 1. The number of nitrogens with one attached hydrogen (secondary N) is 1. The first kappa shape index (κ1) is 21.4. The van der Waals surface area contributed by atoms with Crippen LogP contribution in [-0.2, 0) is 9.59 Å². The molecule has 0 saturated carbocycles. The van der Waals surface area contributed by atoms with Crippen LogP contribution >= 0.6 is 11.8 Å². The predicted molar refractivity (Wildman–Crippen MR) is 117 cm³/mol. The van der Waals surface area contributed by atoms with Crippen LogP contribution in [0.15, 0.2) is 53.4 Å². The first-order valence-corrected chi connectivity index (χ1v) is 10.2. The van der Waals surface area contributed by atoms with E-state index in [4.69, 9.17) is 9.47 Å². The summed E-state index contributed by atoms with van der Waals surface area (Å²) in [6.07, 6.45) is 2.47. The summed E-state index contributed by atoms with van der Waals surface area (Å²) in [5.41, 5.74) is 1.17. The molecule has 0 bridgehead atoms. The maximum absolute atomic E-state index is 12.7. The molecule has 7 nitrogen and oxygen atoms in total. The number of methoxy groups -OCH3 is 1. The van der Waals surface area contributed by atoms with Gasteiger partial charge < -0.3 is 14.8 Å². The number of hydrogen-bond acceptors (Lipinski definition) is 6. The van der Waals surface area contributed by atoms with E-state index in [1.807, 2.05) is 31.2 Å². The number of ether oxygens (including phenoxy) is 2. The minimum Gasteiger partial charge on any atom is -0.495 e. The number of benzene rings is 2. The Morgan fingerprint density at radius 2 is 1.80 bits per heavy atom. The molecule has 3 rings (SSSR count). The summed E-state index contributed by atoms with van der Waals surface area (Å²) < 4.78 is 10.9. The normalized spacial score (nSPS) is 14.9. The van der Waals surface area contributed by atoms with Crippen LogP contribution in [0.3, 0.4) is 0 Å². The zero-order valence-corrected chi connectivity index (χ0v) is 17.5. The Morgan fingerprint density at radius 1 is 1.10 bits per heavy atom. The van der Waals surface area contributed by atoms with Crippen molar-refractivity contribution in [3.63, 3.8) is 0 Å². The van der Waals surface area contributed by atoms with Gasteiger partial charge in [-0.25, -0.2) is 0 Å². The number of para-hydroxylation sites is 3. The van der Waals surface area contributed by atoms with Gasteiger partial charge in [0.15, 0.2) is 0 Å². The molecule has 1 aliphatic rings. The molecule has 1 fully saturated rings. The van der Waals surface area contributed by atoms with Crippen molar-refractivity contribution in [3.05, 3.63) is 59.0 Å². The van der Waals surface area contributed by atoms with Crippen molar-refractivity contribution in [3.8, 4) is 11.5 Å². The topological polar surface area (TPSA) is 84.9 Å². The van der Waals surface area contributed by atoms with Gasteiger partial charge in [0, 0.05) is 5.56 Å². The molecule has 0 atom stereocenters. The third kappa shape index (κ3) is 5.01. The molecule has 156 valence electrons. The maximum Gasteiger partial charge on any atom is 0.294 e. The van der Waals surface area contributed by atoms with E-state index in [9.17, 15) is 14.4 Å². The fraction of sp³-hybridized carbons (Fsp3) is 0.227. The van der Waals surface area contributed by atoms with Gasteiger partial charge >= 0.3 is 0 Å². The van der Waals surface area contributed by atoms with Crippen LogP contribution in [0.25, 0.3) is 6.08 Å². The van der Waals surface area contributed by atoms with Gasteiger partial charge in [-0.15, -0.1) is 0 Å². The number of carbonyl (C=O) groups excluding carboxylic acids is 3. The van der Waals surface area contributed by atoms with Gasteiger partial charge in [0.2, 0.25) is 5.91 Å². The van der Waals surface area contributed by atoms with Crippen molar-refractivity contribution in [2.45, 2.75) is 13.3 Å². The number of anilines is 1. The molecule has 3 amide bonds. The summed E-state index contributed by atoms with van der Waals surface area (Å²) in [4.78, 5) is 38.7. The minimum atomic E-state index is -0.509. The van der Waals surface area contributed by atoms with E-state index < -0.39 is 17.1 Å². The van der Waals surface area contributed by atoms with Gasteiger partial charge in [-0.3, -0.25) is 19.3 Å². The molecular weight excluding hydrogens is 404 g/mol. The van der Waals surface area contributed by atoms with E-state index in [1.54, 1.807) is 30.3 Å². The second kappa shape index (κ2) is 9.98. The molecule has 30 heavy (non-hydrogen) atoms. The maximum atomic E-state index is 12.7.